The number of pyridine rings is 1. The number of hydrogen-bond donors (Lipinski definition) is 2. The fourth-order valence-corrected chi connectivity index (χ4v) is 3.01. The van der Waals surface area contributed by atoms with Gasteiger partial charge in [-0.3, -0.25) is 0 Å². The van der Waals surface area contributed by atoms with E-state index in [1.165, 1.54) is 12.1 Å². The van der Waals surface area contributed by atoms with Gasteiger partial charge in [0.05, 0.1) is 5.56 Å². The van der Waals surface area contributed by atoms with Crippen molar-refractivity contribution in [3.63, 3.8) is 0 Å². The molecule has 0 saturated carbocycles. The third kappa shape index (κ3) is 4.00. The van der Waals surface area contributed by atoms with Crippen molar-refractivity contribution in [3.8, 4) is 0 Å². The summed E-state index contributed by atoms with van der Waals surface area (Å²) < 4.78 is 26.7. The van der Waals surface area contributed by atoms with Crippen LogP contribution < -0.4 is 4.72 Å². The van der Waals surface area contributed by atoms with E-state index >= 15 is 0 Å². The van der Waals surface area contributed by atoms with Gasteiger partial charge in [-0.25, -0.2) is 22.9 Å². The number of carboxylic acid groups (broad SMARTS) is 1. The van der Waals surface area contributed by atoms with E-state index in [0.29, 0.717) is 6.42 Å². The zero-order chi connectivity index (χ0) is 14.6. The molecule has 7 heteroatoms. The van der Waals surface area contributed by atoms with Gasteiger partial charge >= 0.3 is 5.97 Å². The summed E-state index contributed by atoms with van der Waals surface area (Å²) in [5.74, 6) is -0.976. The third-order valence-corrected chi connectivity index (χ3v) is 4.21. The summed E-state index contributed by atoms with van der Waals surface area (Å²) in [5.41, 5.74) is -0.0464. The minimum absolute atomic E-state index is 0.0464. The summed E-state index contributed by atoms with van der Waals surface area (Å²) in [6.45, 7) is 5.75. The van der Waals surface area contributed by atoms with Crippen LogP contribution in [0.5, 0.6) is 0 Å². The first kappa shape index (κ1) is 15.6. The Morgan fingerprint density at radius 2 is 2.05 bits per heavy atom. The van der Waals surface area contributed by atoms with E-state index in [1.54, 1.807) is 0 Å². The molecule has 6 nitrogen and oxygen atoms in total. The molecule has 0 radical (unpaired) electrons. The molecule has 19 heavy (non-hydrogen) atoms. The highest BCUT2D eigenvalue weighted by Gasteiger charge is 2.22. The molecule has 0 aromatic carbocycles. The first-order valence-electron chi connectivity index (χ1n) is 5.99. The van der Waals surface area contributed by atoms with Gasteiger partial charge in [-0.05, 0) is 24.5 Å². The number of nitrogens with one attached hydrogen (secondary N) is 1. The van der Waals surface area contributed by atoms with E-state index in [1.807, 2.05) is 20.8 Å². The Morgan fingerprint density at radius 3 is 2.42 bits per heavy atom. The summed E-state index contributed by atoms with van der Waals surface area (Å²) >= 11 is 0. The maximum atomic E-state index is 12.1. The molecule has 0 spiro atoms. The van der Waals surface area contributed by atoms with Gasteiger partial charge in [-0.15, -0.1) is 0 Å². The normalized spacial score (nSPS) is 13.5. The number of aromatic carboxylic acids is 1. The van der Waals surface area contributed by atoms with Gasteiger partial charge in [0.25, 0.3) is 10.0 Å². The summed E-state index contributed by atoms with van der Waals surface area (Å²) in [6, 6.07) is 2.24. The molecular weight excluding hydrogens is 268 g/mol. The molecule has 0 saturated heterocycles. The molecule has 0 fully saturated rings. The molecule has 0 aliphatic carbocycles. The van der Waals surface area contributed by atoms with Gasteiger partial charge in [-0.2, -0.15) is 0 Å². The Balaban J connectivity index is 2.97. The molecule has 1 aromatic rings. The first-order chi connectivity index (χ1) is 8.77. The van der Waals surface area contributed by atoms with E-state index in [4.69, 9.17) is 5.11 Å². The highest BCUT2D eigenvalue weighted by molar-refractivity contribution is 7.89. The minimum Gasteiger partial charge on any atom is -0.478 e. The maximum absolute atomic E-state index is 12.1. The number of hydrogen-bond acceptors (Lipinski definition) is 4. The second kappa shape index (κ2) is 6.12. The van der Waals surface area contributed by atoms with E-state index < -0.39 is 16.0 Å². The third-order valence-electron chi connectivity index (χ3n) is 2.81. The quantitative estimate of drug-likeness (QED) is 0.826. The van der Waals surface area contributed by atoms with Crippen molar-refractivity contribution in [2.45, 2.75) is 38.3 Å². The predicted molar refractivity (Wildman–Crippen MR) is 70.4 cm³/mol. The molecule has 0 aliphatic rings. The van der Waals surface area contributed by atoms with Crippen molar-refractivity contribution < 1.29 is 18.3 Å². The van der Waals surface area contributed by atoms with E-state index in [2.05, 4.69) is 9.71 Å². The molecule has 1 atom stereocenters. The SMILES string of the molecule is CCC(NS(=O)(=O)c1ccc(C(=O)O)cn1)C(C)C. The summed E-state index contributed by atoms with van der Waals surface area (Å²) in [7, 11) is -3.71. The second-order valence-electron chi connectivity index (χ2n) is 4.57. The minimum atomic E-state index is -3.71. The largest absolute Gasteiger partial charge is 0.478 e. The monoisotopic (exact) mass is 286 g/mol. The highest BCUT2D eigenvalue weighted by Crippen LogP contribution is 2.12. The fourth-order valence-electron chi connectivity index (χ4n) is 1.62. The predicted octanol–water partition coefficient (Wildman–Crippen LogP) is 1.49. The first-order valence-corrected chi connectivity index (χ1v) is 7.48. The number of carboxylic acids is 1. The number of sulfonamides is 1. The van der Waals surface area contributed by atoms with Crippen LogP contribution in [-0.2, 0) is 10.0 Å². The molecule has 1 rings (SSSR count). The standard InChI is InChI=1S/C12H18N2O4S/c1-4-10(8(2)3)14-19(17,18)11-6-5-9(7-13-11)12(15)16/h5-8,10,14H,4H2,1-3H3,(H,15,16). The van der Waals surface area contributed by atoms with Crippen LogP contribution in [0.1, 0.15) is 37.6 Å². The lowest BCUT2D eigenvalue weighted by molar-refractivity contribution is 0.0696. The van der Waals surface area contributed by atoms with Crippen LogP contribution in [0.4, 0.5) is 0 Å². The van der Waals surface area contributed by atoms with Crippen LogP contribution in [-0.4, -0.2) is 30.5 Å². The molecule has 2 N–H and O–H groups in total. The zero-order valence-corrected chi connectivity index (χ0v) is 11.9. The zero-order valence-electron chi connectivity index (χ0n) is 11.1. The van der Waals surface area contributed by atoms with Gasteiger partial charge < -0.3 is 5.11 Å². The van der Waals surface area contributed by atoms with Crippen LogP contribution in [0, 0.1) is 5.92 Å². The van der Waals surface area contributed by atoms with E-state index in [0.717, 1.165) is 6.20 Å². The lowest BCUT2D eigenvalue weighted by atomic mass is 10.0. The van der Waals surface area contributed by atoms with Crippen LogP contribution in [0.3, 0.4) is 0 Å². The molecular formula is C12H18N2O4S. The van der Waals surface area contributed by atoms with Crippen molar-refractivity contribution in [2.75, 3.05) is 0 Å². The van der Waals surface area contributed by atoms with Gasteiger partial charge in [0.15, 0.2) is 5.03 Å². The molecule has 106 valence electrons. The number of carbonyl (C=O) groups is 1. The second-order valence-corrected chi connectivity index (χ2v) is 6.23. The highest BCUT2D eigenvalue weighted by atomic mass is 32.2. The van der Waals surface area contributed by atoms with Crippen molar-refractivity contribution in [3.05, 3.63) is 23.9 Å². The Labute approximate surface area is 112 Å². The smallest absolute Gasteiger partial charge is 0.337 e. The van der Waals surface area contributed by atoms with Crippen LogP contribution in [0.2, 0.25) is 0 Å². The van der Waals surface area contributed by atoms with Crippen molar-refractivity contribution in [1.29, 1.82) is 0 Å². The molecule has 0 bridgehead atoms. The average Bonchev–Trinajstić information content (AvgIpc) is 2.35. The van der Waals surface area contributed by atoms with Crippen LogP contribution in [0.25, 0.3) is 0 Å². The summed E-state index contributed by atoms with van der Waals surface area (Å²) in [5, 5.41) is 8.56. The van der Waals surface area contributed by atoms with Crippen LogP contribution in [0.15, 0.2) is 23.4 Å². The topological polar surface area (TPSA) is 96.4 Å². The lowest BCUT2D eigenvalue weighted by Crippen LogP contribution is -2.38. The number of nitrogens with zero attached hydrogens (tertiary/aromatic N) is 1. The van der Waals surface area contributed by atoms with Crippen molar-refractivity contribution in [1.82, 2.24) is 9.71 Å². The number of aromatic nitrogens is 1. The van der Waals surface area contributed by atoms with Gasteiger partial charge in [0.2, 0.25) is 0 Å². The molecule has 1 aromatic heterocycles. The van der Waals surface area contributed by atoms with Crippen molar-refractivity contribution >= 4 is 16.0 Å². The lowest BCUT2D eigenvalue weighted by Gasteiger charge is -2.20. The molecule has 0 amide bonds. The Kier molecular flexibility index (Phi) is 5.02. The van der Waals surface area contributed by atoms with Gasteiger partial charge in [0, 0.05) is 12.2 Å². The van der Waals surface area contributed by atoms with E-state index in [9.17, 15) is 13.2 Å². The molecule has 0 aliphatic heterocycles. The molecule has 1 heterocycles. The molecule has 1 unspecified atom stereocenters. The van der Waals surface area contributed by atoms with Crippen LogP contribution >= 0.6 is 0 Å². The Morgan fingerprint density at radius 1 is 1.42 bits per heavy atom. The maximum Gasteiger partial charge on any atom is 0.337 e. The average molecular weight is 286 g/mol. The van der Waals surface area contributed by atoms with Gasteiger partial charge in [0.1, 0.15) is 0 Å². The fraction of sp³-hybridized carbons (Fsp3) is 0.500. The van der Waals surface area contributed by atoms with E-state index in [-0.39, 0.29) is 22.5 Å². The van der Waals surface area contributed by atoms with Crippen molar-refractivity contribution in [2.24, 2.45) is 5.92 Å². The summed E-state index contributed by atoms with van der Waals surface area (Å²) in [6.07, 6.45) is 1.71. The Hall–Kier alpha value is -1.47. The number of rotatable bonds is 6. The Bertz CT molecular complexity index is 537. The van der Waals surface area contributed by atoms with Gasteiger partial charge in [-0.1, -0.05) is 20.8 Å². The summed E-state index contributed by atoms with van der Waals surface area (Å²) in [4.78, 5) is 14.4.